The first-order chi connectivity index (χ1) is 51.6. The zero-order valence-corrected chi connectivity index (χ0v) is 63.5. The van der Waals surface area contributed by atoms with E-state index in [1.807, 2.05) is 41.2 Å². The van der Waals surface area contributed by atoms with E-state index in [1.54, 1.807) is 215 Å². The number of hydrogen-bond acceptors (Lipinski definition) is 17. The third kappa shape index (κ3) is 30.6. The van der Waals surface area contributed by atoms with Crippen LogP contribution in [0.25, 0.3) is 33.4 Å². The molecule has 0 aliphatic rings. The van der Waals surface area contributed by atoms with Gasteiger partial charge in [-0.2, -0.15) is 0 Å². The molecule has 0 saturated heterocycles. The van der Waals surface area contributed by atoms with Gasteiger partial charge in [0.05, 0.1) is 36.0 Å². The fraction of sp³-hybridized carbons (Fsp3) is 0.165. The quantitative estimate of drug-likeness (QED) is 0.00681. The Morgan fingerprint density at radius 3 is 1.01 bits per heavy atom. The van der Waals surface area contributed by atoms with Gasteiger partial charge in [0.15, 0.2) is 11.6 Å². The molecule has 0 aliphatic heterocycles. The van der Waals surface area contributed by atoms with Crippen molar-refractivity contribution in [3.05, 3.63) is 266 Å². The van der Waals surface area contributed by atoms with Crippen LogP contribution in [0.2, 0.25) is 0 Å². The third-order valence-corrected chi connectivity index (χ3v) is 19.0. The molecule has 108 heavy (non-hydrogen) atoms. The maximum atomic E-state index is 12.8. The Hall–Kier alpha value is -11.4. The number of aliphatic carboxylic acids is 1. The summed E-state index contributed by atoms with van der Waals surface area (Å²) in [6, 6.07) is 61.9. The standard InChI is InChI=1S/C28H30N2O5S.C24H22N2O5S.C16H20N2O2S.C11H11NO4.BH2OP/c1-3-4-19-29-36(33,34)27-8-6-5-7-26(27)22-11-9-21(10-12-22)20-24(31)15-18-28(32)30-23-13-16-25(35-2)17-14-23;1-31-21-13-10-19(11-14-21)26-24(28)15-12-20(27)16-17-6-8-18(9-7-17)22-4-2-3-5-23(22)32(25,29)30;1-2-3-12-18-21(19,20)16-7-5-4-6-15(16)13-8-10-14(17)11-9-13;1-16-9-4-2-8(3-5-9)12-10(13)6-7-11(14)15;2-1-3/h5-18,29H,3-4,19-20H2,1-2H3,(H,30,32);2-15H,16H2,1H3,(H,26,28)(H2,25,29,30);4-11,18H,2-3,12,17H2,1H3;2-7H,1H3,(H,12,13)(H,14,15);3H2/b18-15-;15-12-;;7-6-;. The number of rotatable bonds is 30. The van der Waals surface area contributed by atoms with Gasteiger partial charge in [0.25, 0.3) is 0 Å². The van der Waals surface area contributed by atoms with Gasteiger partial charge in [-0.15, -0.1) is 0 Å². The number of carboxylic acids is 1. The Morgan fingerprint density at radius 1 is 0.426 bits per heavy atom. The second kappa shape index (κ2) is 45.2. The van der Waals surface area contributed by atoms with Gasteiger partial charge < -0.3 is 41.0 Å². The van der Waals surface area contributed by atoms with Gasteiger partial charge in [-0.25, -0.2) is 44.6 Å². The van der Waals surface area contributed by atoms with E-state index in [9.17, 15) is 54.0 Å². The molecule has 1 unspecified atom stereocenters. The Kier molecular flexibility index (Phi) is 36.5. The average molecular weight is 1540 g/mol. The fourth-order valence-electron chi connectivity index (χ4n) is 9.60. The monoisotopic (exact) mass is 1540 g/mol. The Labute approximate surface area is 632 Å². The summed E-state index contributed by atoms with van der Waals surface area (Å²) in [4.78, 5) is 70.5. The van der Waals surface area contributed by atoms with Gasteiger partial charge in [0.1, 0.15) is 17.2 Å². The number of sulfonamides is 3. The molecule has 0 heterocycles. The van der Waals surface area contributed by atoms with Crippen molar-refractivity contribution in [2.45, 2.75) is 67.1 Å². The molecule has 0 bridgehead atoms. The molecular weight excluding hydrogens is 1460 g/mol. The summed E-state index contributed by atoms with van der Waals surface area (Å²) in [6.45, 7) is 5.53. The number of ether oxygens (including phenoxy) is 3. The number of nitrogen functional groups attached to an aromatic ring is 1. The van der Waals surface area contributed by atoms with Crippen LogP contribution >= 0.6 is 9.12 Å². The summed E-state index contributed by atoms with van der Waals surface area (Å²) in [6.07, 6.45) is 10.2. The van der Waals surface area contributed by atoms with E-state index in [0.717, 1.165) is 60.1 Å². The van der Waals surface area contributed by atoms with Gasteiger partial charge in [-0.3, -0.25) is 24.0 Å². The summed E-state index contributed by atoms with van der Waals surface area (Å²) in [5.74, 6) is -0.918. The number of primary sulfonamides is 1. The predicted molar refractivity (Wildman–Crippen MR) is 425 cm³/mol. The van der Waals surface area contributed by atoms with E-state index in [4.69, 9.17) is 34.9 Å². The predicted octanol–water partition coefficient (Wildman–Crippen LogP) is 12.2. The second-order valence-electron chi connectivity index (χ2n) is 23.0. The molecule has 0 saturated carbocycles. The van der Waals surface area contributed by atoms with Crippen molar-refractivity contribution in [2.24, 2.45) is 5.14 Å². The SMILES string of the molecule is CCCCNS(=O)(=O)c1ccccc1-c1ccc(CC(=O)/C=C\C(=O)Nc2ccc(OC)cc2)cc1.CCCCNS(=O)(=O)c1ccccc1-c1ccc(N)cc1.COc1ccc(NC(=O)/C=C\C(=O)Cc2ccc(-c3ccccc3S(N)(=O)=O)cc2)cc1.COc1ccc(NC(=O)/C=C\C(=O)O)cc1.O=BP. The molecule has 29 heteroatoms. The minimum atomic E-state index is -3.86. The Balaban J connectivity index is 0.000000265. The average Bonchev–Trinajstić information content (AvgIpc) is 0.811. The topological polar surface area (TPSA) is 382 Å². The zero-order chi connectivity index (χ0) is 79.1. The Morgan fingerprint density at radius 2 is 0.713 bits per heavy atom. The van der Waals surface area contributed by atoms with E-state index in [-0.39, 0.29) is 34.2 Å². The van der Waals surface area contributed by atoms with E-state index >= 15 is 0 Å². The van der Waals surface area contributed by atoms with Gasteiger partial charge in [0, 0.05) is 89.7 Å². The molecule has 0 aromatic heterocycles. The number of hydrogen-bond donors (Lipinski definition) is 8. The first kappa shape index (κ1) is 87.3. The van der Waals surface area contributed by atoms with Crippen molar-refractivity contribution in [1.82, 2.24) is 9.44 Å². The van der Waals surface area contributed by atoms with Crippen LogP contribution in [-0.4, -0.2) is 107 Å². The fourth-order valence-corrected chi connectivity index (χ4v) is 13.0. The number of nitrogens with one attached hydrogen (secondary N) is 5. The summed E-state index contributed by atoms with van der Waals surface area (Å²) >= 11 is 0. The number of allylic oxidation sites excluding steroid dienone is 2. The molecule has 564 valence electrons. The first-order valence-electron chi connectivity index (χ1n) is 33.3. The zero-order valence-electron chi connectivity index (χ0n) is 59.9. The molecular formula is C79H85BN7O17PS3. The summed E-state index contributed by atoms with van der Waals surface area (Å²) in [7, 11) is -4.44. The summed E-state index contributed by atoms with van der Waals surface area (Å²) in [5, 5.41) is 21.5. The molecule has 1 atom stereocenters. The van der Waals surface area contributed by atoms with Crippen molar-refractivity contribution < 1.29 is 78.0 Å². The molecule has 9 aromatic rings. The number of unbranched alkanes of at least 4 members (excludes halogenated alkanes) is 2. The van der Waals surface area contributed by atoms with Crippen LogP contribution in [-0.2, 0) is 76.4 Å². The number of amides is 3. The number of benzene rings is 9. The third-order valence-electron chi connectivity index (χ3n) is 15.0. The van der Waals surface area contributed by atoms with Gasteiger partial charge in [-0.05, 0) is 156 Å². The van der Waals surface area contributed by atoms with Crippen LogP contribution < -0.4 is 50.5 Å². The van der Waals surface area contributed by atoms with Crippen LogP contribution in [0.3, 0.4) is 0 Å². The number of carbonyl (C=O) groups is 6. The van der Waals surface area contributed by atoms with Crippen molar-refractivity contribution >= 4 is 104 Å². The van der Waals surface area contributed by atoms with Crippen molar-refractivity contribution in [2.75, 3.05) is 56.1 Å². The number of ketones is 2. The number of carboxylic acid groups (broad SMARTS) is 1. The van der Waals surface area contributed by atoms with Gasteiger partial charge >= 0.3 is 26.7 Å². The molecule has 0 spiro atoms. The van der Waals surface area contributed by atoms with E-state index in [1.165, 1.54) is 30.4 Å². The molecule has 9 aromatic carbocycles. The first-order valence-corrected chi connectivity index (χ1v) is 38.5. The maximum absolute atomic E-state index is 12.8. The molecule has 10 N–H and O–H groups in total. The normalized spacial score (nSPS) is 11.0. The molecule has 9 rings (SSSR count). The number of methoxy groups -OCH3 is 3. The van der Waals surface area contributed by atoms with Gasteiger partial charge in [-0.1, -0.05) is 142 Å². The van der Waals surface area contributed by atoms with Gasteiger partial charge in [0.2, 0.25) is 47.8 Å². The molecule has 0 fully saturated rings. The molecule has 0 aliphatic carbocycles. The van der Waals surface area contributed by atoms with E-state index in [0.29, 0.717) is 87.1 Å². The number of anilines is 4. The van der Waals surface area contributed by atoms with Crippen molar-refractivity contribution in [3.63, 3.8) is 0 Å². The van der Waals surface area contributed by atoms with E-state index < -0.39 is 53.8 Å². The summed E-state index contributed by atoms with van der Waals surface area (Å²) in [5.41, 5.74) is 13.6. The van der Waals surface area contributed by atoms with E-state index in [2.05, 4.69) is 25.4 Å². The van der Waals surface area contributed by atoms with Crippen molar-refractivity contribution in [3.8, 4) is 50.6 Å². The molecule has 0 radical (unpaired) electrons. The van der Waals surface area contributed by atoms with Crippen LogP contribution in [0.5, 0.6) is 17.2 Å². The van der Waals surface area contributed by atoms with Crippen LogP contribution in [0.4, 0.5) is 22.7 Å². The second-order valence-corrected chi connectivity index (χ2v) is 28.2. The van der Waals surface area contributed by atoms with Crippen LogP contribution in [0.1, 0.15) is 50.7 Å². The Bertz CT molecular complexity index is 4920. The van der Waals surface area contributed by atoms with Crippen LogP contribution in [0.15, 0.2) is 270 Å². The number of carbonyl (C=O) groups excluding carboxylic acids is 5. The minimum absolute atomic E-state index is 0.0367. The molecule has 24 nitrogen and oxygen atoms in total. The number of nitrogens with two attached hydrogens (primary N) is 2. The summed E-state index contributed by atoms with van der Waals surface area (Å²) < 4.78 is 103. The molecule has 3 amide bonds. The van der Waals surface area contributed by atoms with Crippen molar-refractivity contribution in [1.29, 1.82) is 0 Å². The van der Waals surface area contributed by atoms with Crippen LogP contribution in [0, 0.1) is 0 Å².